The monoisotopic (exact) mass is 366 g/mol. The number of nitrogens with one attached hydrogen (secondary N) is 3. The molecule has 142 valence electrons. The van der Waals surface area contributed by atoms with Crippen LogP contribution >= 0.6 is 0 Å². The molecule has 1 fully saturated rings. The van der Waals surface area contributed by atoms with Crippen LogP contribution < -0.4 is 15.5 Å². The van der Waals surface area contributed by atoms with Gasteiger partial charge in [-0.3, -0.25) is 9.59 Å². The highest BCUT2D eigenvalue weighted by Gasteiger charge is 2.20. The predicted molar refractivity (Wildman–Crippen MR) is 107 cm³/mol. The van der Waals surface area contributed by atoms with Crippen molar-refractivity contribution in [1.29, 1.82) is 0 Å². The van der Waals surface area contributed by atoms with Crippen LogP contribution in [0.15, 0.2) is 54.6 Å². The van der Waals surface area contributed by atoms with E-state index in [4.69, 9.17) is 0 Å². The first kappa shape index (κ1) is 19.1. The SMILES string of the molecule is C[C@H](NC(=O)c1ccccc1NC(=O)C[NH+]1CCCCC1)c1ccccc1. The number of piperidine rings is 1. The maximum Gasteiger partial charge on any atom is 0.279 e. The van der Waals surface area contributed by atoms with E-state index in [0.717, 1.165) is 18.7 Å². The average molecular weight is 366 g/mol. The van der Waals surface area contributed by atoms with E-state index in [2.05, 4.69) is 10.6 Å². The third kappa shape index (κ3) is 5.41. The van der Waals surface area contributed by atoms with Gasteiger partial charge in [0.1, 0.15) is 0 Å². The molecule has 2 aromatic rings. The molecule has 1 aliphatic heterocycles. The number of amides is 2. The Kier molecular flexibility index (Phi) is 6.60. The zero-order valence-electron chi connectivity index (χ0n) is 15.8. The standard InChI is InChI=1S/C22H27N3O2/c1-17(18-10-4-2-5-11-18)23-22(27)19-12-6-7-13-20(19)24-21(26)16-25-14-8-3-9-15-25/h2,4-7,10-13,17H,3,8-9,14-16H2,1H3,(H,23,27)(H,24,26)/p+1/t17-/m0/s1. The smallest absolute Gasteiger partial charge is 0.279 e. The number of benzene rings is 2. The molecule has 0 unspecified atom stereocenters. The van der Waals surface area contributed by atoms with Crippen molar-refractivity contribution in [1.82, 2.24) is 5.32 Å². The Bertz CT molecular complexity index is 770. The van der Waals surface area contributed by atoms with Crippen LogP contribution in [0.25, 0.3) is 0 Å². The number of rotatable bonds is 6. The van der Waals surface area contributed by atoms with Gasteiger partial charge in [0.05, 0.1) is 30.4 Å². The fourth-order valence-corrected chi connectivity index (χ4v) is 3.54. The van der Waals surface area contributed by atoms with Crippen molar-refractivity contribution in [2.75, 3.05) is 25.0 Å². The third-order valence-electron chi connectivity index (χ3n) is 5.06. The van der Waals surface area contributed by atoms with Gasteiger partial charge < -0.3 is 15.5 Å². The highest BCUT2D eigenvalue weighted by Crippen LogP contribution is 2.17. The molecule has 3 rings (SSSR count). The Morgan fingerprint density at radius 2 is 1.63 bits per heavy atom. The van der Waals surface area contributed by atoms with Crippen LogP contribution in [-0.4, -0.2) is 31.4 Å². The molecule has 0 bridgehead atoms. The van der Waals surface area contributed by atoms with E-state index in [9.17, 15) is 9.59 Å². The Morgan fingerprint density at radius 1 is 0.963 bits per heavy atom. The maximum atomic E-state index is 12.8. The lowest BCUT2D eigenvalue weighted by Gasteiger charge is -2.23. The van der Waals surface area contributed by atoms with Crippen LogP contribution in [-0.2, 0) is 4.79 Å². The average Bonchev–Trinajstić information content (AvgIpc) is 2.69. The van der Waals surface area contributed by atoms with Crippen molar-refractivity contribution < 1.29 is 14.5 Å². The molecule has 1 saturated heterocycles. The molecule has 0 radical (unpaired) electrons. The second-order valence-corrected chi connectivity index (χ2v) is 7.19. The van der Waals surface area contributed by atoms with E-state index in [1.54, 1.807) is 12.1 Å². The van der Waals surface area contributed by atoms with Gasteiger partial charge >= 0.3 is 0 Å². The molecule has 3 N–H and O–H groups in total. The predicted octanol–water partition coefficient (Wildman–Crippen LogP) is 2.18. The van der Waals surface area contributed by atoms with Crippen molar-refractivity contribution in [2.24, 2.45) is 0 Å². The summed E-state index contributed by atoms with van der Waals surface area (Å²) < 4.78 is 0. The van der Waals surface area contributed by atoms with E-state index < -0.39 is 0 Å². The van der Waals surface area contributed by atoms with Crippen molar-refractivity contribution >= 4 is 17.5 Å². The zero-order valence-corrected chi connectivity index (χ0v) is 15.8. The number of anilines is 1. The minimum Gasteiger partial charge on any atom is -0.345 e. The highest BCUT2D eigenvalue weighted by molar-refractivity contribution is 6.04. The van der Waals surface area contributed by atoms with Crippen molar-refractivity contribution in [3.63, 3.8) is 0 Å². The minimum absolute atomic E-state index is 0.0387. The van der Waals surface area contributed by atoms with Crippen LogP contribution in [0.5, 0.6) is 0 Å². The summed E-state index contributed by atoms with van der Waals surface area (Å²) in [4.78, 5) is 26.5. The van der Waals surface area contributed by atoms with Gasteiger partial charge in [0, 0.05) is 0 Å². The second-order valence-electron chi connectivity index (χ2n) is 7.19. The van der Waals surface area contributed by atoms with Crippen molar-refractivity contribution in [3.05, 3.63) is 65.7 Å². The lowest BCUT2D eigenvalue weighted by Crippen LogP contribution is -3.13. The Labute approximate surface area is 160 Å². The third-order valence-corrected chi connectivity index (χ3v) is 5.06. The number of likely N-dealkylation sites (tertiary alicyclic amines) is 1. The number of quaternary nitrogens is 1. The molecular weight excluding hydrogens is 338 g/mol. The van der Waals surface area contributed by atoms with Crippen LogP contribution in [0, 0.1) is 0 Å². The van der Waals surface area contributed by atoms with Gasteiger partial charge in [-0.25, -0.2) is 0 Å². The largest absolute Gasteiger partial charge is 0.345 e. The van der Waals surface area contributed by atoms with Crippen molar-refractivity contribution in [3.8, 4) is 0 Å². The van der Waals surface area contributed by atoms with Crippen LogP contribution in [0.4, 0.5) is 5.69 Å². The fraction of sp³-hybridized carbons (Fsp3) is 0.364. The van der Waals surface area contributed by atoms with Crippen molar-refractivity contribution in [2.45, 2.75) is 32.2 Å². The summed E-state index contributed by atoms with van der Waals surface area (Å²) in [5.74, 6) is -0.226. The summed E-state index contributed by atoms with van der Waals surface area (Å²) >= 11 is 0. The van der Waals surface area contributed by atoms with Gasteiger partial charge in [0.15, 0.2) is 6.54 Å². The van der Waals surface area contributed by atoms with Gasteiger partial charge in [-0.2, -0.15) is 0 Å². The minimum atomic E-state index is -0.187. The number of hydrogen-bond acceptors (Lipinski definition) is 2. The number of hydrogen-bond donors (Lipinski definition) is 3. The lowest BCUT2D eigenvalue weighted by atomic mass is 10.1. The molecule has 0 aromatic heterocycles. The zero-order chi connectivity index (χ0) is 19.1. The molecule has 5 nitrogen and oxygen atoms in total. The van der Waals surface area contributed by atoms with Crippen LogP contribution in [0.2, 0.25) is 0 Å². The molecular formula is C22H28N3O2+. The summed E-state index contributed by atoms with van der Waals surface area (Å²) in [6.45, 7) is 4.50. The van der Waals surface area contributed by atoms with Crippen LogP contribution in [0.1, 0.15) is 48.1 Å². The number of carbonyl (C=O) groups is 2. The van der Waals surface area contributed by atoms with E-state index in [1.165, 1.54) is 24.2 Å². The molecule has 0 aliphatic carbocycles. The number of carbonyl (C=O) groups excluding carboxylic acids is 2. The molecule has 5 heteroatoms. The van der Waals surface area contributed by atoms with E-state index in [-0.39, 0.29) is 17.9 Å². The summed E-state index contributed by atoms with van der Waals surface area (Å²) in [7, 11) is 0. The summed E-state index contributed by atoms with van der Waals surface area (Å²) in [5.41, 5.74) is 2.10. The lowest BCUT2D eigenvalue weighted by molar-refractivity contribution is -0.896. The number of para-hydroxylation sites is 1. The second kappa shape index (κ2) is 9.33. The van der Waals surface area contributed by atoms with Gasteiger partial charge in [0.2, 0.25) is 0 Å². The van der Waals surface area contributed by atoms with Crippen LogP contribution in [0.3, 0.4) is 0 Å². The first-order valence-electron chi connectivity index (χ1n) is 9.72. The molecule has 0 saturated carbocycles. The van der Waals surface area contributed by atoms with E-state index >= 15 is 0 Å². The molecule has 1 atom stereocenters. The molecule has 2 amide bonds. The maximum absolute atomic E-state index is 12.8. The Morgan fingerprint density at radius 3 is 2.37 bits per heavy atom. The normalized spacial score (nSPS) is 15.7. The first-order valence-corrected chi connectivity index (χ1v) is 9.72. The molecule has 27 heavy (non-hydrogen) atoms. The highest BCUT2D eigenvalue weighted by atomic mass is 16.2. The van der Waals surface area contributed by atoms with E-state index in [0.29, 0.717) is 17.8 Å². The van der Waals surface area contributed by atoms with E-state index in [1.807, 2.05) is 49.4 Å². The Hall–Kier alpha value is -2.66. The molecule has 1 heterocycles. The quantitative estimate of drug-likeness (QED) is 0.734. The molecule has 1 aliphatic rings. The summed E-state index contributed by atoms with van der Waals surface area (Å²) in [6, 6.07) is 16.9. The van der Waals surface area contributed by atoms with Gasteiger partial charge in [0.25, 0.3) is 11.8 Å². The molecule has 0 spiro atoms. The van der Waals surface area contributed by atoms with Gasteiger partial charge in [-0.1, -0.05) is 42.5 Å². The topological polar surface area (TPSA) is 62.6 Å². The van der Waals surface area contributed by atoms with Gasteiger partial charge in [-0.15, -0.1) is 0 Å². The Balaban J connectivity index is 1.64. The fourth-order valence-electron chi connectivity index (χ4n) is 3.54. The summed E-state index contributed by atoms with van der Waals surface area (Å²) in [6.07, 6.45) is 3.62. The summed E-state index contributed by atoms with van der Waals surface area (Å²) in [5, 5.41) is 5.94. The molecule has 2 aromatic carbocycles. The first-order chi connectivity index (χ1) is 13.1. The van der Waals surface area contributed by atoms with Gasteiger partial charge in [-0.05, 0) is 43.9 Å².